The van der Waals surface area contributed by atoms with Crippen molar-refractivity contribution in [3.63, 3.8) is 0 Å². The van der Waals surface area contributed by atoms with Crippen LogP contribution in [0.1, 0.15) is 31.7 Å². The third-order valence-corrected chi connectivity index (χ3v) is 3.42. The first kappa shape index (κ1) is 12.0. The highest BCUT2D eigenvalue weighted by atomic mass is 19.1. The molecule has 0 aliphatic heterocycles. The smallest absolute Gasteiger partial charge is 0.305 e. The summed E-state index contributed by atoms with van der Waals surface area (Å²) in [7, 11) is 0. The monoisotopic (exact) mass is 238 g/mol. The van der Waals surface area contributed by atoms with Gasteiger partial charge in [-0.3, -0.25) is 10.1 Å². The van der Waals surface area contributed by atoms with Crippen molar-refractivity contribution < 1.29 is 9.31 Å². The molecule has 0 spiro atoms. The van der Waals surface area contributed by atoms with E-state index >= 15 is 0 Å². The average Bonchev–Trinajstić information content (AvgIpc) is 2.25. The van der Waals surface area contributed by atoms with Crippen LogP contribution in [-0.2, 0) is 6.54 Å². The summed E-state index contributed by atoms with van der Waals surface area (Å²) in [6, 6.07) is 4.28. The summed E-state index contributed by atoms with van der Waals surface area (Å²) in [5.41, 5.74) is -0.0350. The van der Waals surface area contributed by atoms with Crippen LogP contribution in [-0.4, -0.2) is 10.5 Å². The Labute approximate surface area is 99.0 Å². The molecule has 1 aromatic carbocycles. The zero-order chi connectivity index (χ0) is 12.5. The van der Waals surface area contributed by atoms with Crippen molar-refractivity contribution in [2.75, 3.05) is 0 Å². The lowest BCUT2D eigenvalue weighted by Crippen LogP contribution is -2.47. The molecule has 0 amide bonds. The van der Waals surface area contributed by atoms with E-state index in [0.29, 0.717) is 12.1 Å². The minimum Gasteiger partial charge on any atom is -0.307 e. The first-order chi connectivity index (χ1) is 8.02. The Kier molecular flexibility index (Phi) is 3.11. The second-order valence-electron chi connectivity index (χ2n) is 4.78. The van der Waals surface area contributed by atoms with Gasteiger partial charge in [0.25, 0.3) is 0 Å². The second-order valence-corrected chi connectivity index (χ2v) is 4.78. The van der Waals surface area contributed by atoms with Gasteiger partial charge >= 0.3 is 5.69 Å². The third-order valence-electron chi connectivity index (χ3n) is 3.42. The number of rotatable bonds is 4. The van der Waals surface area contributed by atoms with Crippen LogP contribution in [0.3, 0.4) is 0 Å². The number of nitro groups is 1. The zero-order valence-electron chi connectivity index (χ0n) is 9.70. The first-order valence-electron chi connectivity index (χ1n) is 5.69. The van der Waals surface area contributed by atoms with Gasteiger partial charge in [-0.25, -0.2) is 0 Å². The van der Waals surface area contributed by atoms with Gasteiger partial charge in [0.15, 0.2) is 0 Å². The summed E-state index contributed by atoms with van der Waals surface area (Å²) < 4.78 is 13.7. The summed E-state index contributed by atoms with van der Waals surface area (Å²) >= 11 is 0. The zero-order valence-corrected chi connectivity index (χ0v) is 9.70. The number of hydrogen-bond acceptors (Lipinski definition) is 3. The van der Waals surface area contributed by atoms with Gasteiger partial charge < -0.3 is 5.32 Å². The molecule has 1 fully saturated rings. The normalized spacial score (nSPS) is 17.5. The van der Waals surface area contributed by atoms with Gasteiger partial charge in [0, 0.05) is 23.7 Å². The number of benzene rings is 1. The van der Waals surface area contributed by atoms with Gasteiger partial charge in [0.2, 0.25) is 5.82 Å². The lowest BCUT2D eigenvalue weighted by Gasteiger charge is -2.39. The van der Waals surface area contributed by atoms with Crippen molar-refractivity contribution in [1.29, 1.82) is 0 Å². The molecular formula is C12H15FN2O2. The molecule has 92 valence electrons. The fourth-order valence-electron chi connectivity index (χ4n) is 2.04. The SMILES string of the molecule is CC1(NCc2cccc([N+](=O)[O-])c2F)CCC1. The van der Waals surface area contributed by atoms with Crippen LogP contribution in [0.4, 0.5) is 10.1 Å². The van der Waals surface area contributed by atoms with Crippen LogP contribution in [0, 0.1) is 15.9 Å². The molecule has 0 heterocycles. The standard InChI is InChI=1S/C12H15FN2O2/c1-12(6-3-7-12)14-8-9-4-2-5-10(11(9)13)15(16)17/h2,4-5,14H,3,6-8H2,1H3. The van der Waals surface area contributed by atoms with Crippen LogP contribution >= 0.6 is 0 Å². The molecule has 0 radical (unpaired) electrons. The molecule has 0 unspecified atom stereocenters. The Bertz CT molecular complexity index is 444. The van der Waals surface area contributed by atoms with Crippen molar-refractivity contribution in [3.8, 4) is 0 Å². The Morgan fingerprint density at radius 3 is 2.76 bits per heavy atom. The quantitative estimate of drug-likeness (QED) is 0.648. The highest BCUT2D eigenvalue weighted by Gasteiger charge is 2.31. The molecule has 1 aliphatic rings. The van der Waals surface area contributed by atoms with Gasteiger partial charge in [0.1, 0.15) is 0 Å². The topological polar surface area (TPSA) is 55.2 Å². The molecule has 1 aromatic rings. The molecule has 0 aromatic heterocycles. The Hall–Kier alpha value is -1.49. The molecule has 1 N–H and O–H groups in total. The van der Waals surface area contributed by atoms with E-state index in [1.165, 1.54) is 18.6 Å². The maximum absolute atomic E-state index is 13.7. The van der Waals surface area contributed by atoms with Crippen LogP contribution in [0.15, 0.2) is 18.2 Å². The summed E-state index contributed by atoms with van der Waals surface area (Å²) in [6.07, 6.45) is 3.33. The van der Waals surface area contributed by atoms with Gasteiger partial charge in [0.05, 0.1) is 4.92 Å². The molecule has 2 rings (SSSR count). The minimum absolute atomic E-state index is 0.0665. The van der Waals surface area contributed by atoms with E-state index < -0.39 is 16.4 Å². The van der Waals surface area contributed by atoms with Gasteiger partial charge in [-0.05, 0) is 26.2 Å². The van der Waals surface area contributed by atoms with Crippen molar-refractivity contribution in [1.82, 2.24) is 5.32 Å². The maximum atomic E-state index is 13.7. The van der Waals surface area contributed by atoms with E-state index in [9.17, 15) is 14.5 Å². The van der Waals surface area contributed by atoms with Crippen molar-refractivity contribution >= 4 is 5.69 Å². The van der Waals surface area contributed by atoms with E-state index in [0.717, 1.165) is 12.8 Å². The molecule has 0 saturated heterocycles. The summed E-state index contributed by atoms with van der Waals surface area (Å²) in [4.78, 5) is 9.90. The average molecular weight is 238 g/mol. The molecule has 17 heavy (non-hydrogen) atoms. The van der Waals surface area contributed by atoms with Crippen molar-refractivity contribution in [3.05, 3.63) is 39.7 Å². The Balaban J connectivity index is 2.10. The van der Waals surface area contributed by atoms with E-state index in [1.54, 1.807) is 6.07 Å². The van der Waals surface area contributed by atoms with Gasteiger partial charge in [-0.2, -0.15) is 4.39 Å². The number of hydrogen-bond donors (Lipinski definition) is 1. The molecule has 5 heteroatoms. The fourth-order valence-corrected chi connectivity index (χ4v) is 2.04. The van der Waals surface area contributed by atoms with E-state index in [-0.39, 0.29) is 5.54 Å². The lowest BCUT2D eigenvalue weighted by molar-refractivity contribution is -0.387. The highest BCUT2D eigenvalue weighted by Crippen LogP contribution is 2.31. The van der Waals surface area contributed by atoms with Crippen molar-refractivity contribution in [2.24, 2.45) is 0 Å². The second kappa shape index (κ2) is 4.41. The number of nitrogens with zero attached hydrogens (tertiary/aromatic N) is 1. The molecule has 0 atom stereocenters. The van der Waals surface area contributed by atoms with Gasteiger partial charge in [-0.15, -0.1) is 0 Å². The predicted octanol–water partition coefficient (Wildman–Crippen LogP) is 2.77. The molecule has 0 bridgehead atoms. The largest absolute Gasteiger partial charge is 0.307 e. The molecule has 1 aliphatic carbocycles. The number of nitro benzene ring substituents is 1. The summed E-state index contributed by atoms with van der Waals surface area (Å²) in [5, 5.41) is 13.8. The fraction of sp³-hybridized carbons (Fsp3) is 0.500. The van der Waals surface area contributed by atoms with Crippen LogP contribution < -0.4 is 5.32 Å². The van der Waals surface area contributed by atoms with Crippen LogP contribution in [0.2, 0.25) is 0 Å². The summed E-state index contributed by atoms with van der Waals surface area (Å²) in [5.74, 6) is -0.729. The Morgan fingerprint density at radius 2 is 2.24 bits per heavy atom. The predicted molar refractivity (Wildman–Crippen MR) is 62.2 cm³/mol. The van der Waals surface area contributed by atoms with Crippen molar-refractivity contribution in [2.45, 2.75) is 38.3 Å². The minimum atomic E-state index is -0.729. The van der Waals surface area contributed by atoms with Gasteiger partial charge in [-0.1, -0.05) is 12.1 Å². The first-order valence-corrected chi connectivity index (χ1v) is 5.69. The molecule has 4 nitrogen and oxygen atoms in total. The number of halogens is 1. The van der Waals surface area contributed by atoms with Crippen LogP contribution in [0.5, 0.6) is 0 Å². The van der Waals surface area contributed by atoms with E-state index in [1.807, 2.05) is 0 Å². The van der Waals surface area contributed by atoms with E-state index in [2.05, 4.69) is 12.2 Å². The third kappa shape index (κ3) is 2.44. The van der Waals surface area contributed by atoms with Crippen LogP contribution in [0.25, 0.3) is 0 Å². The highest BCUT2D eigenvalue weighted by molar-refractivity contribution is 5.36. The molecule has 1 saturated carbocycles. The van der Waals surface area contributed by atoms with E-state index in [4.69, 9.17) is 0 Å². The number of nitrogens with one attached hydrogen (secondary N) is 1. The summed E-state index contributed by atoms with van der Waals surface area (Å²) in [6.45, 7) is 2.43. The maximum Gasteiger partial charge on any atom is 0.305 e. The molecular weight excluding hydrogens is 223 g/mol. The lowest BCUT2D eigenvalue weighted by atomic mass is 9.78. The Morgan fingerprint density at radius 1 is 1.53 bits per heavy atom.